The lowest BCUT2D eigenvalue weighted by Crippen LogP contribution is -2.45. The van der Waals surface area contributed by atoms with Crippen molar-refractivity contribution in [1.29, 1.82) is 0 Å². The lowest BCUT2D eigenvalue weighted by atomic mass is 9.89. The number of pyridine rings is 1. The van der Waals surface area contributed by atoms with Crippen molar-refractivity contribution in [2.75, 3.05) is 20.3 Å². The number of carbonyl (C=O) groups excluding carboxylic acids is 1. The average molecular weight is 311 g/mol. The maximum atomic E-state index is 12.4. The zero-order valence-electron chi connectivity index (χ0n) is 12.0. The van der Waals surface area contributed by atoms with Gasteiger partial charge in [-0.15, -0.1) is 0 Å². The first-order valence-electron chi connectivity index (χ1n) is 7.26. The fourth-order valence-electron chi connectivity index (χ4n) is 3.06. The number of amides is 1. The zero-order valence-corrected chi connectivity index (χ0v) is 12.8. The van der Waals surface area contributed by atoms with Gasteiger partial charge in [0.25, 0.3) is 5.91 Å². The SMILES string of the molecule is CN(C(=O)c1ccc(Cl)cn1)C1CCC2(CC1)OCCO2. The van der Waals surface area contributed by atoms with Crippen LogP contribution in [0.4, 0.5) is 0 Å². The van der Waals surface area contributed by atoms with E-state index in [4.69, 9.17) is 21.1 Å². The molecule has 2 heterocycles. The zero-order chi connectivity index (χ0) is 14.9. The third kappa shape index (κ3) is 3.05. The predicted octanol–water partition coefficient (Wildman–Crippen LogP) is 2.49. The summed E-state index contributed by atoms with van der Waals surface area (Å²) in [6.45, 7) is 1.35. The normalized spacial score (nSPS) is 21.6. The Morgan fingerprint density at radius 1 is 1.33 bits per heavy atom. The molecule has 1 aliphatic heterocycles. The summed E-state index contributed by atoms with van der Waals surface area (Å²) in [6, 6.07) is 3.55. The highest BCUT2D eigenvalue weighted by molar-refractivity contribution is 6.30. The fraction of sp³-hybridized carbons (Fsp3) is 0.600. The van der Waals surface area contributed by atoms with Crippen molar-refractivity contribution >= 4 is 17.5 Å². The first kappa shape index (κ1) is 14.8. The van der Waals surface area contributed by atoms with Crippen LogP contribution in [0.3, 0.4) is 0 Å². The first-order chi connectivity index (χ1) is 10.1. The summed E-state index contributed by atoms with van der Waals surface area (Å²) in [7, 11) is 1.83. The van der Waals surface area contributed by atoms with Crippen LogP contribution in [-0.2, 0) is 9.47 Å². The highest BCUT2D eigenvalue weighted by Gasteiger charge is 2.41. The number of aromatic nitrogens is 1. The van der Waals surface area contributed by atoms with E-state index in [1.165, 1.54) is 6.20 Å². The van der Waals surface area contributed by atoms with Gasteiger partial charge in [-0.05, 0) is 25.0 Å². The van der Waals surface area contributed by atoms with E-state index >= 15 is 0 Å². The topological polar surface area (TPSA) is 51.7 Å². The van der Waals surface area contributed by atoms with Crippen molar-refractivity contribution in [2.45, 2.75) is 37.5 Å². The van der Waals surface area contributed by atoms with E-state index in [1.54, 1.807) is 17.0 Å². The summed E-state index contributed by atoms with van der Waals surface area (Å²) >= 11 is 5.80. The molecule has 1 aromatic rings. The average Bonchev–Trinajstić information content (AvgIpc) is 2.96. The summed E-state index contributed by atoms with van der Waals surface area (Å²) in [5.41, 5.74) is 0.426. The Morgan fingerprint density at radius 3 is 2.57 bits per heavy atom. The van der Waals surface area contributed by atoms with E-state index in [9.17, 15) is 4.79 Å². The van der Waals surface area contributed by atoms with Crippen molar-refractivity contribution < 1.29 is 14.3 Å². The Labute approximate surface area is 129 Å². The second-order valence-electron chi connectivity index (χ2n) is 5.62. The van der Waals surface area contributed by atoms with Crippen molar-refractivity contribution in [1.82, 2.24) is 9.88 Å². The van der Waals surface area contributed by atoms with Gasteiger partial charge in [0.1, 0.15) is 5.69 Å². The standard InChI is InChI=1S/C15H19ClN2O3/c1-18(14(19)13-3-2-11(16)10-17-13)12-4-6-15(7-5-12)20-8-9-21-15/h2-3,10,12H,4-9H2,1H3. The van der Waals surface area contributed by atoms with Gasteiger partial charge in [-0.2, -0.15) is 0 Å². The molecule has 0 aromatic carbocycles. The van der Waals surface area contributed by atoms with Crippen molar-refractivity contribution in [3.05, 3.63) is 29.0 Å². The fourth-order valence-corrected chi connectivity index (χ4v) is 3.18. The molecule has 1 saturated heterocycles. The van der Waals surface area contributed by atoms with Crippen LogP contribution in [0.2, 0.25) is 5.02 Å². The molecule has 0 radical (unpaired) electrons. The van der Waals surface area contributed by atoms with Crippen LogP contribution in [0.25, 0.3) is 0 Å². The molecule has 1 amide bonds. The van der Waals surface area contributed by atoms with Gasteiger partial charge in [0, 0.05) is 32.1 Å². The van der Waals surface area contributed by atoms with Crippen molar-refractivity contribution in [3.63, 3.8) is 0 Å². The monoisotopic (exact) mass is 310 g/mol. The quantitative estimate of drug-likeness (QED) is 0.842. The number of nitrogens with zero attached hydrogens (tertiary/aromatic N) is 2. The van der Waals surface area contributed by atoms with Crippen LogP contribution >= 0.6 is 11.6 Å². The largest absolute Gasteiger partial charge is 0.348 e. The van der Waals surface area contributed by atoms with Gasteiger partial charge >= 0.3 is 0 Å². The summed E-state index contributed by atoms with van der Waals surface area (Å²) in [5.74, 6) is -0.459. The van der Waals surface area contributed by atoms with Crippen LogP contribution in [0, 0.1) is 0 Å². The van der Waals surface area contributed by atoms with E-state index in [-0.39, 0.29) is 17.7 Å². The van der Waals surface area contributed by atoms with Gasteiger partial charge in [0.15, 0.2) is 5.79 Å². The van der Waals surface area contributed by atoms with Gasteiger partial charge in [0.05, 0.1) is 18.2 Å². The van der Waals surface area contributed by atoms with Crippen LogP contribution in [0.5, 0.6) is 0 Å². The number of halogens is 1. The first-order valence-corrected chi connectivity index (χ1v) is 7.64. The molecule has 1 aliphatic carbocycles. The number of hydrogen-bond donors (Lipinski definition) is 0. The van der Waals surface area contributed by atoms with Gasteiger partial charge < -0.3 is 14.4 Å². The number of rotatable bonds is 2. The highest BCUT2D eigenvalue weighted by atomic mass is 35.5. The molecule has 2 fully saturated rings. The van der Waals surface area contributed by atoms with Crippen molar-refractivity contribution in [2.24, 2.45) is 0 Å². The molecule has 2 aliphatic rings. The molecule has 114 valence electrons. The second kappa shape index (κ2) is 5.91. The molecule has 1 aromatic heterocycles. The maximum Gasteiger partial charge on any atom is 0.272 e. The Balaban J connectivity index is 1.62. The molecule has 1 spiro atoms. The Hall–Kier alpha value is -1.17. The minimum atomic E-state index is -0.390. The summed E-state index contributed by atoms with van der Waals surface area (Å²) in [6.07, 6.45) is 4.94. The van der Waals surface area contributed by atoms with Gasteiger partial charge in [-0.3, -0.25) is 4.79 Å². The molecular formula is C15H19ClN2O3. The molecule has 0 N–H and O–H groups in total. The Kier molecular flexibility index (Phi) is 4.15. The number of hydrogen-bond acceptors (Lipinski definition) is 4. The molecule has 3 rings (SSSR count). The maximum absolute atomic E-state index is 12.4. The molecule has 21 heavy (non-hydrogen) atoms. The van der Waals surface area contributed by atoms with Gasteiger partial charge in [-0.1, -0.05) is 11.6 Å². The van der Waals surface area contributed by atoms with Gasteiger partial charge in [0.2, 0.25) is 0 Å². The lowest BCUT2D eigenvalue weighted by Gasteiger charge is -2.38. The lowest BCUT2D eigenvalue weighted by molar-refractivity contribution is -0.182. The van der Waals surface area contributed by atoms with Crippen LogP contribution in [-0.4, -0.2) is 47.9 Å². The smallest absolute Gasteiger partial charge is 0.272 e. The molecule has 6 heteroatoms. The Bertz CT molecular complexity index is 504. The van der Waals surface area contributed by atoms with E-state index in [1.807, 2.05) is 7.05 Å². The van der Waals surface area contributed by atoms with Crippen LogP contribution in [0.15, 0.2) is 18.3 Å². The minimum absolute atomic E-state index is 0.0686. The van der Waals surface area contributed by atoms with Gasteiger partial charge in [-0.25, -0.2) is 4.98 Å². The Morgan fingerprint density at radius 2 is 2.00 bits per heavy atom. The van der Waals surface area contributed by atoms with Crippen LogP contribution in [0.1, 0.15) is 36.2 Å². The minimum Gasteiger partial charge on any atom is -0.348 e. The molecule has 0 bridgehead atoms. The van der Waals surface area contributed by atoms with E-state index in [0.717, 1.165) is 25.7 Å². The summed E-state index contributed by atoms with van der Waals surface area (Å²) in [5, 5.41) is 0.532. The van der Waals surface area contributed by atoms with Crippen LogP contribution < -0.4 is 0 Å². The summed E-state index contributed by atoms with van der Waals surface area (Å²) in [4.78, 5) is 18.3. The number of ether oxygens (including phenoxy) is 2. The second-order valence-corrected chi connectivity index (χ2v) is 6.05. The molecule has 0 atom stereocenters. The van der Waals surface area contributed by atoms with Crippen molar-refractivity contribution in [3.8, 4) is 0 Å². The number of carbonyl (C=O) groups is 1. The highest BCUT2D eigenvalue weighted by Crippen LogP contribution is 2.37. The molecule has 0 unspecified atom stereocenters. The van der Waals surface area contributed by atoms with E-state index in [2.05, 4.69) is 4.98 Å². The third-order valence-electron chi connectivity index (χ3n) is 4.35. The van der Waals surface area contributed by atoms with E-state index < -0.39 is 0 Å². The molecular weight excluding hydrogens is 292 g/mol. The van der Waals surface area contributed by atoms with E-state index in [0.29, 0.717) is 23.9 Å². The predicted molar refractivity (Wildman–Crippen MR) is 78.2 cm³/mol. The summed E-state index contributed by atoms with van der Waals surface area (Å²) < 4.78 is 11.4. The molecule has 1 saturated carbocycles. The third-order valence-corrected chi connectivity index (χ3v) is 4.57. The molecule has 5 nitrogen and oxygen atoms in total.